The van der Waals surface area contributed by atoms with Crippen LogP contribution in [0.4, 0.5) is 0 Å². The predicted molar refractivity (Wildman–Crippen MR) is 57.8 cm³/mol. The van der Waals surface area contributed by atoms with E-state index in [1.165, 1.54) is 0 Å². The molecule has 1 aromatic carbocycles. The number of hydrogen-bond donors (Lipinski definition) is 2. The van der Waals surface area contributed by atoms with Crippen LogP contribution < -0.4 is 5.46 Å². The SMILES string of the molecule is CSc1ccc(B(O)O)c(Cl)c1C. The highest BCUT2D eigenvalue weighted by molar-refractivity contribution is 7.98. The molecule has 2 nitrogen and oxygen atoms in total. The minimum absolute atomic E-state index is 0.358. The van der Waals surface area contributed by atoms with E-state index in [9.17, 15) is 0 Å². The van der Waals surface area contributed by atoms with Crippen molar-refractivity contribution < 1.29 is 10.0 Å². The maximum atomic E-state index is 8.96. The average molecular weight is 216 g/mol. The lowest BCUT2D eigenvalue weighted by molar-refractivity contribution is 0.425. The second-order valence-electron chi connectivity index (χ2n) is 2.67. The fourth-order valence-electron chi connectivity index (χ4n) is 1.11. The molecule has 0 spiro atoms. The Morgan fingerprint density at radius 3 is 2.46 bits per heavy atom. The average Bonchev–Trinajstić information content (AvgIpc) is 2.09. The summed E-state index contributed by atoms with van der Waals surface area (Å²) in [5, 5.41) is 18.3. The van der Waals surface area contributed by atoms with Crippen molar-refractivity contribution in [2.24, 2.45) is 0 Å². The zero-order valence-electron chi connectivity index (χ0n) is 7.41. The smallest absolute Gasteiger partial charge is 0.423 e. The fraction of sp³-hybridized carbons (Fsp3) is 0.250. The maximum absolute atomic E-state index is 8.96. The van der Waals surface area contributed by atoms with Gasteiger partial charge in [0.2, 0.25) is 0 Å². The van der Waals surface area contributed by atoms with E-state index in [1.54, 1.807) is 17.8 Å². The summed E-state index contributed by atoms with van der Waals surface area (Å²) < 4.78 is 0. The van der Waals surface area contributed by atoms with Crippen LogP contribution in [0.3, 0.4) is 0 Å². The Bertz CT molecular complexity index is 317. The highest BCUT2D eigenvalue weighted by Gasteiger charge is 2.17. The molecule has 0 saturated heterocycles. The van der Waals surface area contributed by atoms with Gasteiger partial charge in [-0.15, -0.1) is 11.8 Å². The molecule has 0 amide bonds. The van der Waals surface area contributed by atoms with Gasteiger partial charge in [0.15, 0.2) is 0 Å². The molecule has 2 N–H and O–H groups in total. The third-order valence-electron chi connectivity index (χ3n) is 1.86. The molecular weight excluding hydrogens is 206 g/mol. The van der Waals surface area contributed by atoms with E-state index in [2.05, 4.69) is 0 Å². The molecule has 1 rings (SSSR count). The van der Waals surface area contributed by atoms with Crippen molar-refractivity contribution in [1.29, 1.82) is 0 Å². The Labute approximate surface area is 87.1 Å². The van der Waals surface area contributed by atoms with Crippen LogP contribution in [-0.2, 0) is 0 Å². The summed E-state index contributed by atoms with van der Waals surface area (Å²) in [6, 6.07) is 3.46. The second-order valence-corrected chi connectivity index (χ2v) is 3.90. The predicted octanol–water partition coefficient (Wildman–Crippen LogP) is 1.05. The van der Waals surface area contributed by atoms with Crippen molar-refractivity contribution >= 4 is 35.9 Å². The lowest BCUT2D eigenvalue weighted by atomic mass is 9.79. The highest BCUT2D eigenvalue weighted by atomic mass is 35.5. The van der Waals surface area contributed by atoms with Crippen molar-refractivity contribution in [3.8, 4) is 0 Å². The van der Waals surface area contributed by atoms with Gasteiger partial charge in [-0.25, -0.2) is 0 Å². The van der Waals surface area contributed by atoms with Gasteiger partial charge in [-0.1, -0.05) is 17.7 Å². The summed E-state index contributed by atoms with van der Waals surface area (Å²) in [5.74, 6) is 0. The first-order valence-electron chi connectivity index (χ1n) is 3.77. The van der Waals surface area contributed by atoms with Gasteiger partial charge in [-0.3, -0.25) is 0 Å². The van der Waals surface area contributed by atoms with Crippen molar-refractivity contribution in [1.82, 2.24) is 0 Å². The van der Waals surface area contributed by atoms with Crippen LogP contribution in [-0.4, -0.2) is 23.4 Å². The molecule has 0 bridgehead atoms. The van der Waals surface area contributed by atoms with Gasteiger partial charge in [0.05, 0.1) is 0 Å². The van der Waals surface area contributed by atoms with E-state index in [-0.39, 0.29) is 0 Å². The van der Waals surface area contributed by atoms with Crippen LogP contribution in [0.15, 0.2) is 17.0 Å². The maximum Gasteiger partial charge on any atom is 0.489 e. The monoisotopic (exact) mass is 216 g/mol. The van der Waals surface area contributed by atoms with E-state index < -0.39 is 7.12 Å². The van der Waals surface area contributed by atoms with E-state index in [4.69, 9.17) is 21.6 Å². The summed E-state index contributed by atoms with van der Waals surface area (Å²) in [7, 11) is -1.50. The second kappa shape index (κ2) is 4.37. The number of halogens is 1. The Hall–Kier alpha value is -0.155. The normalized spacial score (nSPS) is 10.2. The molecule has 70 valence electrons. The van der Waals surface area contributed by atoms with Crippen molar-refractivity contribution in [3.63, 3.8) is 0 Å². The molecule has 0 aromatic heterocycles. The summed E-state index contributed by atoms with van der Waals surface area (Å²) in [6.45, 7) is 1.86. The molecule has 0 atom stereocenters. The molecule has 13 heavy (non-hydrogen) atoms. The van der Waals surface area contributed by atoms with Crippen molar-refractivity contribution in [3.05, 3.63) is 22.7 Å². The Balaban J connectivity index is 3.23. The van der Waals surface area contributed by atoms with Crippen LogP contribution in [0, 0.1) is 6.92 Å². The molecule has 5 heteroatoms. The summed E-state index contributed by atoms with van der Waals surface area (Å²) in [5.41, 5.74) is 1.25. The first-order chi connectivity index (χ1) is 6.07. The van der Waals surface area contributed by atoms with Crippen molar-refractivity contribution in [2.75, 3.05) is 6.26 Å². The van der Waals surface area contributed by atoms with Gasteiger partial charge in [-0.2, -0.15) is 0 Å². The quantitative estimate of drug-likeness (QED) is 0.573. The van der Waals surface area contributed by atoms with Gasteiger partial charge in [0, 0.05) is 15.4 Å². The van der Waals surface area contributed by atoms with Crippen LogP contribution in [0.1, 0.15) is 5.56 Å². The standard InChI is InChI=1S/C8H10BClO2S/c1-5-7(13-2)4-3-6(8(5)10)9(11)12/h3-4,11-12H,1-2H3. The molecule has 0 radical (unpaired) electrons. The molecule has 0 fully saturated rings. The van der Waals surface area contributed by atoms with E-state index >= 15 is 0 Å². The molecule has 0 unspecified atom stereocenters. The molecular formula is C8H10BClO2S. The van der Waals surface area contributed by atoms with Crippen LogP contribution in [0.25, 0.3) is 0 Å². The van der Waals surface area contributed by atoms with E-state index in [0.717, 1.165) is 10.5 Å². The topological polar surface area (TPSA) is 40.5 Å². The summed E-state index contributed by atoms with van der Waals surface area (Å²) in [6.07, 6.45) is 1.95. The highest BCUT2D eigenvalue weighted by Crippen LogP contribution is 2.24. The molecule has 1 aromatic rings. The van der Waals surface area contributed by atoms with E-state index in [0.29, 0.717) is 10.5 Å². The minimum Gasteiger partial charge on any atom is -0.423 e. The number of rotatable bonds is 2. The third kappa shape index (κ3) is 2.20. The Morgan fingerprint density at radius 2 is 2.00 bits per heavy atom. The lowest BCUT2D eigenvalue weighted by Gasteiger charge is -2.09. The number of thioether (sulfide) groups is 1. The van der Waals surface area contributed by atoms with Gasteiger partial charge in [0.25, 0.3) is 0 Å². The fourth-order valence-corrected chi connectivity index (χ4v) is 2.04. The zero-order valence-corrected chi connectivity index (χ0v) is 8.99. The minimum atomic E-state index is -1.50. The first kappa shape index (κ1) is 10.9. The van der Waals surface area contributed by atoms with Crippen LogP contribution in [0.2, 0.25) is 5.02 Å². The third-order valence-corrected chi connectivity index (χ3v) is 3.25. The number of benzene rings is 1. The van der Waals surface area contributed by atoms with Gasteiger partial charge >= 0.3 is 7.12 Å². The van der Waals surface area contributed by atoms with Gasteiger partial charge in [0.1, 0.15) is 0 Å². The largest absolute Gasteiger partial charge is 0.489 e. The zero-order chi connectivity index (χ0) is 10.0. The summed E-state index contributed by atoms with van der Waals surface area (Å²) >= 11 is 7.52. The van der Waals surface area contributed by atoms with E-state index in [1.807, 2.05) is 19.2 Å². The van der Waals surface area contributed by atoms with Gasteiger partial charge < -0.3 is 10.0 Å². The van der Waals surface area contributed by atoms with Crippen molar-refractivity contribution in [2.45, 2.75) is 11.8 Å². The first-order valence-corrected chi connectivity index (χ1v) is 5.37. The molecule has 0 aliphatic rings. The van der Waals surface area contributed by atoms with Gasteiger partial charge in [-0.05, 0) is 24.8 Å². The number of hydrogen-bond acceptors (Lipinski definition) is 3. The molecule has 0 aliphatic carbocycles. The molecule has 0 heterocycles. The van der Waals surface area contributed by atoms with Crippen LogP contribution in [0.5, 0.6) is 0 Å². The Morgan fingerprint density at radius 1 is 1.38 bits per heavy atom. The lowest BCUT2D eigenvalue weighted by Crippen LogP contribution is -2.31. The Kier molecular flexibility index (Phi) is 3.68. The molecule has 0 aliphatic heterocycles. The summed E-state index contributed by atoms with van der Waals surface area (Å²) in [4.78, 5) is 1.05. The molecule has 0 saturated carbocycles. The van der Waals surface area contributed by atoms with Crippen LogP contribution >= 0.6 is 23.4 Å².